The van der Waals surface area contributed by atoms with Gasteiger partial charge in [0, 0.05) is 35.4 Å². The molecule has 0 aromatic heterocycles. The molecule has 2 unspecified atom stereocenters. The summed E-state index contributed by atoms with van der Waals surface area (Å²) in [6, 6.07) is 7.43. The summed E-state index contributed by atoms with van der Waals surface area (Å²) in [4.78, 5) is 2.46. The molecule has 0 saturated carbocycles. The Kier molecular flexibility index (Phi) is 5.25. The van der Waals surface area contributed by atoms with Crippen LogP contribution in [0.5, 0.6) is 0 Å². The van der Waals surface area contributed by atoms with E-state index in [9.17, 15) is 0 Å². The highest BCUT2D eigenvalue weighted by atomic mass is 79.9. The quantitative estimate of drug-likeness (QED) is 0.896. The van der Waals surface area contributed by atoms with E-state index in [-0.39, 0.29) is 6.61 Å². The number of nitrogens with zero attached hydrogens (tertiary/aromatic N) is 1. The van der Waals surface area contributed by atoms with Crippen LogP contribution in [0.1, 0.15) is 25.3 Å². The van der Waals surface area contributed by atoms with Gasteiger partial charge in [0.05, 0.1) is 0 Å². The van der Waals surface area contributed by atoms with Crippen LogP contribution in [0, 0.1) is 6.92 Å². The molecule has 2 rings (SSSR count). The molecule has 3 nitrogen and oxygen atoms in total. The first kappa shape index (κ1) is 14.8. The van der Waals surface area contributed by atoms with Crippen molar-refractivity contribution in [3.63, 3.8) is 0 Å². The number of hydrogen-bond acceptors (Lipinski definition) is 3. The number of aryl methyl sites for hydroxylation is 1. The molecule has 2 atom stereocenters. The van der Waals surface area contributed by atoms with E-state index in [1.165, 1.54) is 11.3 Å². The summed E-state index contributed by atoms with van der Waals surface area (Å²) in [5.74, 6) is 0. The van der Waals surface area contributed by atoms with Crippen LogP contribution >= 0.6 is 15.9 Å². The summed E-state index contributed by atoms with van der Waals surface area (Å²) < 4.78 is 1.16. The minimum absolute atomic E-state index is 0.249. The number of benzene rings is 1. The molecule has 4 heteroatoms. The van der Waals surface area contributed by atoms with Crippen molar-refractivity contribution in [3.8, 4) is 0 Å². The third-order valence-corrected chi connectivity index (χ3v) is 4.78. The Morgan fingerprint density at radius 2 is 2.26 bits per heavy atom. The lowest BCUT2D eigenvalue weighted by Crippen LogP contribution is -2.40. The number of nitrogens with one attached hydrogen (secondary N) is 1. The van der Waals surface area contributed by atoms with Crippen molar-refractivity contribution < 1.29 is 5.11 Å². The second-order valence-corrected chi connectivity index (χ2v) is 6.24. The van der Waals surface area contributed by atoms with E-state index in [4.69, 9.17) is 5.11 Å². The summed E-state index contributed by atoms with van der Waals surface area (Å²) in [6.07, 6.45) is 1.95. The van der Waals surface area contributed by atoms with Gasteiger partial charge < -0.3 is 15.3 Å². The molecule has 1 fully saturated rings. The molecule has 19 heavy (non-hydrogen) atoms. The molecule has 0 radical (unpaired) electrons. The monoisotopic (exact) mass is 326 g/mol. The molecule has 1 saturated heterocycles. The molecule has 0 aliphatic carbocycles. The fourth-order valence-electron chi connectivity index (χ4n) is 2.65. The summed E-state index contributed by atoms with van der Waals surface area (Å²) in [7, 11) is 0. The molecular formula is C15H23BrN2O. The van der Waals surface area contributed by atoms with Gasteiger partial charge in [0.25, 0.3) is 0 Å². The average Bonchev–Trinajstić information content (AvgIpc) is 2.56. The van der Waals surface area contributed by atoms with Crippen LogP contribution in [0.15, 0.2) is 22.7 Å². The lowest BCUT2D eigenvalue weighted by molar-refractivity contribution is 0.267. The van der Waals surface area contributed by atoms with Crippen molar-refractivity contribution in [1.29, 1.82) is 0 Å². The molecule has 1 aromatic carbocycles. The zero-order chi connectivity index (χ0) is 13.8. The Morgan fingerprint density at radius 1 is 1.47 bits per heavy atom. The lowest BCUT2D eigenvalue weighted by Gasteiger charge is -2.31. The molecule has 0 spiro atoms. The first-order chi connectivity index (χ1) is 9.11. The molecule has 0 bridgehead atoms. The molecule has 1 aliphatic rings. The van der Waals surface area contributed by atoms with E-state index in [1.807, 2.05) is 0 Å². The zero-order valence-electron chi connectivity index (χ0n) is 11.7. The van der Waals surface area contributed by atoms with Crippen LogP contribution in [0.3, 0.4) is 0 Å². The van der Waals surface area contributed by atoms with E-state index in [0.29, 0.717) is 12.1 Å². The first-order valence-electron chi connectivity index (χ1n) is 6.99. The number of halogens is 1. The maximum absolute atomic E-state index is 9.15. The Labute approximate surface area is 124 Å². The van der Waals surface area contributed by atoms with Gasteiger partial charge in [-0.05, 0) is 57.0 Å². The van der Waals surface area contributed by atoms with E-state index in [2.05, 4.69) is 58.2 Å². The standard InChI is InChI=1S/C15H23BrN2O/c1-11-9-14(3-4-15(11)16)18-10-13(6-8-19)17-7-5-12(18)2/h3-4,9,12-13,17,19H,5-8,10H2,1-2H3. The van der Waals surface area contributed by atoms with Crippen LogP contribution in [-0.2, 0) is 0 Å². The van der Waals surface area contributed by atoms with Crippen molar-refractivity contribution in [2.75, 3.05) is 24.6 Å². The molecule has 1 heterocycles. The predicted molar refractivity (Wildman–Crippen MR) is 83.8 cm³/mol. The normalized spacial score (nSPS) is 24.3. The number of hydrogen-bond donors (Lipinski definition) is 2. The predicted octanol–water partition coefficient (Wildman–Crippen LogP) is 2.70. The maximum Gasteiger partial charge on any atom is 0.0446 e. The van der Waals surface area contributed by atoms with E-state index >= 15 is 0 Å². The molecule has 2 N–H and O–H groups in total. The van der Waals surface area contributed by atoms with Crippen molar-refractivity contribution in [1.82, 2.24) is 5.32 Å². The highest BCUT2D eigenvalue weighted by molar-refractivity contribution is 9.10. The van der Waals surface area contributed by atoms with E-state index in [1.54, 1.807) is 0 Å². The lowest BCUT2D eigenvalue weighted by atomic mass is 10.1. The third kappa shape index (κ3) is 3.71. The Bertz CT molecular complexity index is 425. The second kappa shape index (κ2) is 6.73. The van der Waals surface area contributed by atoms with E-state index < -0.39 is 0 Å². The summed E-state index contributed by atoms with van der Waals surface area (Å²) >= 11 is 3.56. The van der Waals surface area contributed by atoms with Crippen molar-refractivity contribution in [3.05, 3.63) is 28.2 Å². The smallest absolute Gasteiger partial charge is 0.0446 e. The van der Waals surface area contributed by atoms with Gasteiger partial charge in [-0.2, -0.15) is 0 Å². The van der Waals surface area contributed by atoms with Crippen LogP contribution in [-0.4, -0.2) is 36.9 Å². The minimum atomic E-state index is 0.249. The van der Waals surface area contributed by atoms with Gasteiger partial charge in [0.1, 0.15) is 0 Å². The molecule has 106 valence electrons. The highest BCUT2D eigenvalue weighted by Gasteiger charge is 2.22. The van der Waals surface area contributed by atoms with Gasteiger partial charge in [-0.1, -0.05) is 15.9 Å². The number of aliphatic hydroxyl groups is 1. The van der Waals surface area contributed by atoms with Gasteiger partial charge in [-0.3, -0.25) is 0 Å². The number of aliphatic hydroxyl groups excluding tert-OH is 1. The second-order valence-electron chi connectivity index (χ2n) is 5.39. The first-order valence-corrected chi connectivity index (χ1v) is 7.78. The fraction of sp³-hybridized carbons (Fsp3) is 0.600. The van der Waals surface area contributed by atoms with Crippen molar-refractivity contribution in [2.24, 2.45) is 0 Å². The van der Waals surface area contributed by atoms with Gasteiger partial charge in [0.2, 0.25) is 0 Å². The molecule has 1 aromatic rings. The Hall–Kier alpha value is -0.580. The van der Waals surface area contributed by atoms with Crippen molar-refractivity contribution >= 4 is 21.6 Å². The SMILES string of the molecule is Cc1cc(N2CC(CCO)NCCC2C)ccc1Br. The highest BCUT2D eigenvalue weighted by Crippen LogP contribution is 2.26. The Morgan fingerprint density at radius 3 is 2.95 bits per heavy atom. The van der Waals surface area contributed by atoms with Gasteiger partial charge >= 0.3 is 0 Å². The van der Waals surface area contributed by atoms with E-state index in [0.717, 1.165) is 30.4 Å². The van der Waals surface area contributed by atoms with Gasteiger partial charge in [-0.15, -0.1) is 0 Å². The van der Waals surface area contributed by atoms with Gasteiger partial charge in [-0.25, -0.2) is 0 Å². The maximum atomic E-state index is 9.15. The van der Waals surface area contributed by atoms with Crippen LogP contribution in [0.2, 0.25) is 0 Å². The Balaban J connectivity index is 2.20. The summed E-state index contributed by atoms with van der Waals surface area (Å²) in [5.41, 5.74) is 2.54. The number of rotatable bonds is 3. The molecular weight excluding hydrogens is 304 g/mol. The summed E-state index contributed by atoms with van der Waals surface area (Å²) in [6.45, 7) is 6.64. The minimum Gasteiger partial charge on any atom is -0.396 e. The fourth-order valence-corrected chi connectivity index (χ4v) is 2.90. The average molecular weight is 327 g/mol. The molecule has 0 amide bonds. The largest absolute Gasteiger partial charge is 0.396 e. The number of anilines is 1. The van der Waals surface area contributed by atoms with Crippen molar-refractivity contribution in [2.45, 2.75) is 38.8 Å². The zero-order valence-corrected chi connectivity index (χ0v) is 13.3. The van der Waals surface area contributed by atoms with Gasteiger partial charge in [0.15, 0.2) is 0 Å². The van der Waals surface area contributed by atoms with Crippen LogP contribution in [0.4, 0.5) is 5.69 Å². The van der Waals surface area contributed by atoms with Crippen LogP contribution in [0.25, 0.3) is 0 Å². The molecule has 1 aliphatic heterocycles. The third-order valence-electron chi connectivity index (χ3n) is 3.90. The topological polar surface area (TPSA) is 35.5 Å². The van der Waals surface area contributed by atoms with Crippen LogP contribution < -0.4 is 10.2 Å². The summed E-state index contributed by atoms with van der Waals surface area (Å²) in [5, 5.41) is 12.7.